The Labute approximate surface area is 221 Å². The molecule has 0 atom stereocenters. The molecule has 0 amide bonds. The maximum Gasteiger partial charge on any atom is 0.416 e. The minimum absolute atomic E-state index is 0.114. The normalized spacial score (nSPS) is 16.5. The first-order valence-electron chi connectivity index (χ1n) is 12.5. The molecular weight excluding hydrogens is 515 g/mol. The molecule has 1 aromatic carbocycles. The van der Waals surface area contributed by atoms with Crippen molar-refractivity contribution in [2.24, 2.45) is 0 Å². The number of ether oxygens (including phenoxy) is 2. The highest BCUT2D eigenvalue weighted by atomic mass is 19.4. The average Bonchev–Trinajstić information content (AvgIpc) is 3.41. The van der Waals surface area contributed by atoms with Crippen molar-refractivity contribution in [2.45, 2.75) is 6.18 Å². The zero-order chi connectivity index (χ0) is 26.8. The molecule has 2 aliphatic rings. The number of anilines is 6. The highest BCUT2D eigenvalue weighted by Gasteiger charge is 2.32. The van der Waals surface area contributed by atoms with E-state index >= 15 is 0 Å². The summed E-state index contributed by atoms with van der Waals surface area (Å²) in [6.45, 7) is 4.10. The Hall–Kier alpha value is -4.17. The number of halogens is 3. The van der Waals surface area contributed by atoms with Crippen LogP contribution in [0.2, 0.25) is 0 Å². The number of nitrogens with one attached hydrogen (secondary N) is 2. The van der Waals surface area contributed by atoms with Crippen LogP contribution in [0.5, 0.6) is 0 Å². The number of benzene rings is 1. The van der Waals surface area contributed by atoms with Crippen LogP contribution in [-0.4, -0.2) is 76.9 Å². The number of pyridine rings is 1. The van der Waals surface area contributed by atoms with Crippen molar-refractivity contribution in [1.82, 2.24) is 24.3 Å². The second-order valence-electron chi connectivity index (χ2n) is 9.11. The van der Waals surface area contributed by atoms with Gasteiger partial charge >= 0.3 is 6.18 Å². The average molecular weight is 542 g/mol. The molecule has 5 heterocycles. The van der Waals surface area contributed by atoms with Gasteiger partial charge in [-0.05, 0) is 24.3 Å². The number of morpholine rings is 2. The molecule has 0 radical (unpaired) electrons. The first-order valence-corrected chi connectivity index (χ1v) is 12.5. The summed E-state index contributed by atoms with van der Waals surface area (Å²) in [5.74, 6) is 0.744. The van der Waals surface area contributed by atoms with Crippen molar-refractivity contribution >= 4 is 40.6 Å². The zero-order valence-electron chi connectivity index (χ0n) is 20.9. The van der Waals surface area contributed by atoms with Gasteiger partial charge in [0.2, 0.25) is 17.8 Å². The standard InChI is InChI=1S/C25H26F3N9O2/c26-25(27,28)17-13-19(15-20(14-17)35-5-9-38-10-6-35)31-23-32-22(33-24(34-23)37-7-11-39-12-8-37)30-18-1-3-36-4-2-29-21(36)16-18/h1-4,13-16H,5-12H2,(H2,30,31,32,33,34). The molecule has 6 rings (SSSR count). The quantitative estimate of drug-likeness (QED) is 0.376. The Morgan fingerprint density at radius 1 is 0.744 bits per heavy atom. The van der Waals surface area contributed by atoms with E-state index in [2.05, 4.69) is 30.6 Å². The van der Waals surface area contributed by atoms with Gasteiger partial charge in [-0.15, -0.1) is 0 Å². The second kappa shape index (κ2) is 10.5. The molecular formula is C25H26F3N9O2. The van der Waals surface area contributed by atoms with Gasteiger partial charge in [0.05, 0.1) is 32.0 Å². The maximum absolute atomic E-state index is 13.8. The number of hydrogen-bond donors (Lipinski definition) is 2. The van der Waals surface area contributed by atoms with E-state index in [1.165, 1.54) is 0 Å². The second-order valence-corrected chi connectivity index (χ2v) is 9.11. The summed E-state index contributed by atoms with van der Waals surface area (Å²) in [7, 11) is 0. The van der Waals surface area contributed by atoms with E-state index in [0.29, 0.717) is 69.9 Å². The van der Waals surface area contributed by atoms with Crippen molar-refractivity contribution in [3.8, 4) is 0 Å². The van der Waals surface area contributed by atoms with Crippen molar-refractivity contribution < 1.29 is 22.6 Å². The largest absolute Gasteiger partial charge is 0.416 e. The Bertz CT molecular complexity index is 1450. The number of nitrogens with zero attached hydrogens (tertiary/aromatic N) is 7. The van der Waals surface area contributed by atoms with Crippen molar-refractivity contribution in [2.75, 3.05) is 73.0 Å². The molecule has 0 bridgehead atoms. The SMILES string of the molecule is FC(F)(F)c1cc(Nc2nc(Nc3ccn4ccnc4c3)nc(N3CCOCC3)n2)cc(N2CCOCC2)c1. The fourth-order valence-corrected chi connectivity index (χ4v) is 4.48. The number of rotatable bonds is 6. The molecule has 2 N–H and O–H groups in total. The third-order valence-corrected chi connectivity index (χ3v) is 6.45. The number of fused-ring (bicyclic) bond motifs is 1. The lowest BCUT2D eigenvalue weighted by molar-refractivity contribution is -0.137. The predicted molar refractivity (Wildman–Crippen MR) is 139 cm³/mol. The van der Waals surface area contributed by atoms with Gasteiger partial charge in [-0.25, -0.2) is 4.98 Å². The van der Waals surface area contributed by atoms with Crippen LogP contribution in [0.15, 0.2) is 48.9 Å². The fraction of sp³-hybridized carbons (Fsp3) is 0.360. The van der Waals surface area contributed by atoms with E-state index in [-0.39, 0.29) is 17.6 Å². The minimum atomic E-state index is -4.52. The molecule has 3 aromatic heterocycles. The Morgan fingerprint density at radius 2 is 1.41 bits per heavy atom. The lowest BCUT2D eigenvalue weighted by atomic mass is 10.1. The van der Waals surface area contributed by atoms with Crippen LogP contribution in [0, 0.1) is 0 Å². The molecule has 39 heavy (non-hydrogen) atoms. The van der Waals surface area contributed by atoms with Crippen LogP contribution in [0.4, 0.5) is 48.1 Å². The van der Waals surface area contributed by atoms with Crippen LogP contribution in [0.1, 0.15) is 5.56 Å². The van der Waals surface area contributed by atoms with Gasteiger partial charge in [0, 0.05) is 67.9 Å². The summed E-state index contributed by atoms with van der Waals surface area (Å²) in [4.78, 5) is 21.7. The van der Waals surface area contributed by atoms with Crippen LogP contribution < -0.4 is 20.4 Å². The van der Waals surface area contributed by atoms with Gasteiger partial charge in [-0.3, -0.25) is 0 Å². The number of aromatic nitrogens is 5. The van der Waals surface area contributed by atoms with Gasteiger partial charge in [-0.1, -0.05) is 0 Å². The molecule has 0 aliphatic carbocycles. The van der Waals surface area contributed by atoms with Crippen molar-refractivity contribution in [3.63, 3.8) is 0 Å². The summed E-state index contributed by atoms with van der Waals surface area (Å²) in [5, 5.41) is 6.17. The highest BCUT2D eigenvalue weighted by molar-refractivity contribution is 5.66. The lowest BCUT2D eigenvalue weighted by Crippen LogP contribution is -2.37. The van der Waals surface area contributed by atoms with Gasteiger partial charge < -0.3 is 34.3 Å². The van der Waals surface area contributed by atoms with E-state index in [9.17, 15) is 13.2 Å². The van der Waals surface area contributed by atoms with Gasteiger partial charge in [0.1, 0.15) is 5.65 Å². The molecule has 2 saturated heterocycles. The Kier molecular flexibility index (Phi) is 6.79. The van der Waals surface area contributed by atoms with E-state index in [1.54, 1.807) is 12.3 Å². The molecule has 11 nitrogen and oxygen atoms in total. The lowest BCUT2D eigenvalue weighted by Gasteiger charge is -2.30. The summed E-state index contributed by atoms with van der Waals surface area (Å²) in [6, 6.07) is 7.56. The van der Waals surface area contributed by atoms with Crippen LogP contribution in [-0.2, 0) is 15.7 Å². The summed E-state index contributed by atoms with van der Waals surface area (Å²) < 4.78 is 54.1. The van der Waals surface area contributed by atoms with E-state index < -0.39 is 11.7 Å². The van der Waals surface area contributed by atoms with Crippen molar-refractivity contribution in [3.05, 3.63) is 54.5 Å². The summed E-state index contributed by atoms with van der Waals surface area (Å²) in [5.41, 5.74) is 1.34. The molecule has 204 valence electrons. The van der Waals surface area contributed by atoms with Gasteiger partial charge in [0.15, 0.2) is 0 Å². The monoisotopic (exact) mass is 541 g/mol. The smallest absolute Gasteiger partial charge is 0.378 e. The summed E-state index contributed by atoms with van der Waals surface area (Å²) in [6.07, 6.45) is 0.861. The maximum atomic E-state index is 13.8. The van der Waals surface area contributed by atoms with Gasteiger partial charge in [0.25, 0.3) is 0 Å². The zero-order valence-corrected chi connectivity index (χ0v) is 20.9. The topological polar surface area (TPSA) is 105 Å². The molecule has 0 saturated carbocycles. The molecule has 14 heteroatoms. The first kappa shape index (κ1) is 25.1. The van der Waals surface area contributed by atoms with E-state index in [4.69, 9.17) is 9.47 Å². The molecule has 0 unspecified atom stereocenters. The fourth-order valence-electron chi connectivity index (χ4n) is 4.48. The number of hydrogen-bond acceptors (Lipinski definition) is 10. The third kappa shape index (κ3) is 5.81. The van der Waals surface area contributed by atoms with E-state index in [0.717, 1.165) is 17.8 Å². The number of imidazole rings is 1. The number of alkyl halides is 3. The molecule has 2 aliphatic heterocycles. The molecule has 0 spiro atoms. The van der Waals surface area contributed by atoms with Gasteiger partial charge in [-0.2, -0.15) is 28.1 Å². The van der Waals surface area contributed by atoms with E-state index in [1.807, 2.05) is 38.7 Å². The molecule has 2 fully saturated rings. The predicted octanol–water partition coefficient (Wildman–Crippen LogP) is 3.70. The highest BCUT2D eigenvalue weighted by Crippen LogP contribution is 2.35. The summed E-state index contributed by atoms with van der Waals surface area (Å²) >= 11 is 0. The van der Waals surface area contributed by atoms with Crippen molar-refractivity contribution in [1.29, 1.82) is 0 Å². The third-order valence-electron chi connectivity index (χ3n) is 6.45. The minimum Gasteiger partial charge on any atom is -0.378 e. The first-order chi connectivity index (χ1) is 18.9. The molecule has 4 aromatic rings. The van der Waals surface area contributed by atoms with Crippen LogP contribution >= 0.6 is 0 Å². The Morgan fingerprint density at radius 3 is 2.10 bits per heavy atom. The Balaban J connectivity index is 1.35. The van der Waals surface area contributed by atoms with Crippen LogP contribution in [0.3, 0.4) is 0 Å². The van der Waals surface area contributed by atoms with Crippen LogP contribution in [0.25, 0.3) is 5.65 Å².